The fourth-order valence-electron chi connectivity index (χ4n) is 2.16. The highest BCUT2D eigenvalue weighted by Crippen LogP contribution is 2.17. The number of amides is 3. The molecular formula is C14H17N3O4. The second-order valence-electron chi connectivity index (χ2n) is 4.82. The minimum absolute atomic E-state index is 0.122. The highest BCUT2D eigenvalue weighted by Gasteiger charge is 2.18. The Morgan fingerprint density at radius 2 is 1.86 bits per heavy atom. The number of aromatic nitrogens is 1. The van der Waals surface area contributed by atoms with Gasteiger partial charge in [0.2, 0.25) is 0 Å². The Morgan fingerprint density at radius 3 is 2.52 bits per heavy atom. The van der Waals surface area contributed by atoms with Crippen LogP contribution < -0.4 is 10.6 Å². The lowest BCUT2D eigenvalue weighted by molar-refractivity contribution is -0.123. The highest BCUT2D eigenvalue weighted by molar-refractivity contribution is 5.97. The van der Waals surface area contributed by atoms with E-state index < -0.39 is 24.5 Å². The predicted octanol–water partition coefficient (Wildman–Crippen LogP) is 1.01. The lowest BCUT2D eigenvalue weighted by atomic mass is 10.2. The van der Waals surface area contributed by atoms with E-state index in [0.29, 0.717) is 5.56 Å². The van der Waals surface area contributed by atoms with Crippen LogP contribution in [0.3, 0.4) is 0 Å². The molecule has 1 fully saturated rings. The van der Waals surface area contributed by atoms with Gasteiger partial charge in [-0.25, -0.2) is 9.59 Å². The van der Waals surface area contributed by atoms with Crippen LogP contribution in [0.5, 0.6) is 0 Å². The van der Waals surface area contributed by atoms with Crippen LogP contribution in [0, 0.1) is 0 Å². The number of rotatable bonds is 4. The largest absolute Gasteiger partial charge is 0.452 e. The second kappa shape index (κ2) is 7.37. The summed E-state index contributed by atoms with van der Waals surface area (Å²) in [6.45, 7) is -0.501. The number of nitrogens with one attached hydrogen (secondary N) is 2. The summed E-state index contributed by atoms with van der Waals surface area (Å²) in [7, 11) is 0. The van der Waals surface area contributed by atoms with Gasteiger partial charge in [0.15, 0.2) is 6.61 Å². The first kappa shape index (κ1) is 15.0. The summed E-state index contributed by atoms with van der Waals surface area (Å²) in [5.74, 6) is -1.29. The first-order chi connectivity index (χ1) is 10.1. The third kappa shape index (κ3) is 4.87. The maximum absolute atomic E-state index is 11.6. The van der Waals surface area contributed by atoms with Crippen molar-refractivity contribution < 1.29 is 19.1 Å². The van der Waals surface area contributed by atoms with Gasteiger partial charge in [-0.1, -0.05) is 12.8 Å². The van der Waals surface area contributed by atoms with E-state index in [4.69, 9.17) is 4.74 Å². The van der Waals surface area contributed by atoms with Gasteiger partial charge in [-0.3, -0.25) is 15.1 Å². The molecule has 0 bridgehead atoms. The Hall–Kier alpha value is -2.44. The molecule has 7 heteroatoms. The fourth-order valence-corrected chi connectivity index (χ4v) is 2.16. The first-order valence-electron chi connectivity index (χ1n) is 6.82. The third-order valence-corrected chi connectivity index (χ3v) is 3.19. The van der Waals surface area contributed by atoms with Crippen LogP contribution in [0.25, 0.3) is 0 Å². The summed E-state index contributed by atoms with van der Waals surface area (Å²) in [4.78, 5) is 38.4. The van der Waals surface area contributed by atoms with Crippen LogP contribution in [0.15, 0.2) is 24.5 Å². The molecule has 1 saturated carbocycles. The van der Waals surface area contributed by atoms with E-state index in [2.05, 4.69) is 15.6 Å². The van der Waals surface area contributed by atoms with Crippen LogP contribution in [-0.2, 0) is 9.53 Å². The standard InChI is InChI=1S/C14H17N3O4/c18-12(17-14(20)16-11-3-1-2-4-11)9-21-13(19)10-5-7-15-8-6-10/h5-8,11H,1-4,9H2,(H2,16,17,18,20). The predicted molar refractivity (Wildman–Crippen MR) is 73.4 cm³/mol. The summed E-state index contributed by atoms with van der Waals surface area (Å²) in [6.07, 6.45) is 6.93. The molecule has 0 spiro atoms. The molecule has 1 aliphatic carbocycles. The number of nitrogens with zero attached hydrogens (tertiary/aromatic N) is 1. The van der Waals surface area contributed by atoms with Crippen molar-refractivity contribution in [1.29, 1.82) is 0 Å². The van der Waals surface area contributed by atoms with Gasteiger partial charge >= 0.3 is 12.0 Å². The molecule has 0 atom stereocenters. The minimum atomic E-state index is -0.659. The molecule has 1 aromatic rings. The molecule has 2 N–H and O–H groups in total. The molecule has 1 aliphatic rings. The van der Waals surface area contributed by atoms with Crippen LogP contribution in [0.2, 0.25) is 0 Å². The molecular weight excluding hydrogens is 274 g/mol. The lowest BCUT2D eigenvalue weighted by Gasteiger charge is -2.12. The van der Waals surface area contributed by atoms with Gasteiger partial charge in [0.05, 0.1) is 5.56 Å². The Kier molecular flexibility index (Phi) is 5.25. The van der Waals surface area contributed by atoms with E-state index in [0.717, 1.165) is 25.7 Å². The summed E-state index contributed by atoms with van der Waals surface area (Å²) in [5.41, 5.74) is 0.299. The Bertz CT molecular complexity index is 512. The molecule has 7 nitrogen and oxygen atoms in total. The summed E-state index contributed by atoms with van der Waals surface area (Å²) < 4.78 is 4.80. The number of urea groups is 1. The number of imide groups is 1. The van der Waals surface area contributed by atoms with Crippen molar-refractivity contribution in [2.24, 2.45) is 0 Å². The number of pyridine rings is 1. The van der Waals surface area contributed by atoms with E-state index in [1.54, 1.807) is 0 Å². The maximum atomic E-state index is 11.6. The smallest absolute Gasteiger partial charge is 0.338 e. The molecule has 0 aliphatic heterocycles. The molecule has 2 rings (SSSR count). The van der Waals surface area contributed by atoms with Gasteiger partial charge in [-0.15, -0.1) is 0 Å². The number of ether oxygens (including phenoxy) is 1. The van der Waals surface area contributed by atoms with Crippen molar-refractivity contribution in [2.45, 2.75) is 31.7 Å². The molecule has 0 aromatic carbocycles. The Balaban J connectivity index is 1.69. The number of esters is 1. The van der Waals surface area contributed by atoms with Gasteiger partial charge in [0.1, 0.15) is 0 Å². The molecule has 0 unspecified atom stereocenters. The zero-order valence-corrected chi connectivity index (χ0v) is 11.5. The topological polar surface area (TPSA) is 97.4 Å². The molecule has 112 valence electrons. The number of carbonyl (C=O) groups excluding carboxylic acids is 3. The van der Waals surface area contributed by atoms with Crippen LogP contribution in [-0.4, -0.2) is 35.5 Å². The van der Waals surface area contributed by atoms with Crippen molar-refractivity contribution in [3.05, 3.63) is 30.1 Å². The van der Waals surface area contributed by atoms with E-state index in [-0.39, 0.29) is 6.04 Å². The van der Waals surface area contributed by atoms with Crippen molar-refractivity contribution in [1.82, 2.24) is 15.6 Å². The first-order valence-corrected chi connectivity index (χ1v) is 6.82. The highest BCUT2D eigenvalue weighted by atomic mass is 16.5. The number of hydrogen-bond acceptors (Lipinski definition) is 5. The van der Waals surface area contributed by atoms with Gasteiger partial charge in [-0.2, -0.15) is 0 Å². The van der Waals surface area contributed by atoms with Crippen LogP contribution in [0.4, 0.5) is 4.79 Å². The fraction of sp³-hybridized carbons (Fsp3) is 0.429. The number of carbonyl (C=O) groups is 3. The van der Waals surface area contributed by atoms with Crippen LogP contribution >= 0.6 is 0 Å². The van der Waals surface area contributed by atoms with E-state index in [1.807, 2.05) is 0 Å². The van der Waals surface area contributed by atoms with E-state index in [9.17, 15) is 14.4 Å². The molecule has 3 amide bonds. The van der Waals surface area contributed by atoms with Gasteiger partial charge in [0.25, 0.3) is 5.91 Å². The normalized spacial score (nSPS) is 14.5. The van der Waals surface area contributed by atoms with Crippen molar-refractivity contribution in [3.8, 4) is 0 Å². The monoisotopic (exact) mass is 291 g/mol. The van der Waals surface area contributed by atoms with E-state index in [1.165, 1.54) is 24.5 Å². The Morgan fingerprint density at radius 1 is 1.19 bits per heavy atom. The molecule has 21 heavy (non-hydrogen) atoms. The quantitative estimate of drug-likeness (QED) is 0.807. The molecule has 1 heterocycles. The zero-order valence-electron chi connectivity index (χ0n) is 11.5. The third-order valence-electron chi connectivity index (χ3n) is 3.19. The number of hydrogen-bond donors (Lipinski definition) is 2. The van der Waals surface area contributed by atoms with Crippen molar-refractivity contribution >= 4 is 17.9 Å². The van der Waals surface area contributed by atoms with Crippen LogP contribution in [0.1, 0.15) is 36.0 Å². The Labute approximate surface area is 122 Å². The van der Waals surface area contributed by atoms with Crippen molar-refractivity contribution in [2.75, 3.05) is 6.61 Å². The molecule has 0 saturated heterocycles. The van der Waals surface area contributed by atoms with E-state index >= 15 is 0 Å². The summed E-state index contributed by atoms with van der Waals surface area (Å²) in [6, 6.07) is 2.53. The zero-order chi connectivity index (χ0) is 15.1. The SMILES string of the molecule is O=C(COC(=O)c1ccncc1)NC(=O)NC1CCCC1. The van der Waals surface area contributed by atoms with Gasteiger partial charge < -0.3 is 10.1 Å². The summed E-state index contributed by atoms with van der Waals surface area (Å²) >= 11 is 0. The molecule has 0 radical (unpaired) electrons. The molecule has 1 aromatic heterocycles. The average Bonchev–Trinajstić information content (AvgIpc) is 2.98. The van der Waals surface area contributed by atoms with Crippen molar-refractivity contribution in [3.63, 3.8) is 0 Å². The van der Waals surface area contributed by atoms with Gasteiger partial charge in [0, 0.05) is 18.4 Å². The second-order valence-corrected chi connectivity index (χ2v) is 4.82. The maximum Gasteiger partial charge on any atom is 0.338 e. The summed E-state index contributed by atoms with van der Waals surface area (Å²) in [5, 5.41) is 4.84. The minimum Gasteiger partial charge on any atom is -0.452 e. The van der Waals surface area contributed by atoms with Gasteiger partial charge in [-0.05, 0) is 25.0 Å². The average molecular weight is 291 g/mol. The lowest BCUT2D eigenvalue weighted by Crippen LogP contribution is -2.44.